The summed E-state index contributed by atoms with van der Waals surface area (Å²) in [5, 5.41) is 0. The molecule has 0 unspecified atom stereocenters. The lowest BCUT2D eigenvalue weighted by atomic mass is 10.1. The number of anilines is 1. The van der Waals surface area contributed by atoms with Crippen LogP contribution in [0.25, 0.3) is 0 Å². The number of nitrogens with two attached hydrogens (primary N) is 1. The van der Waals surface area contributed by atoms with E-state index in [9.17, 15) is 0 Å². The van der Waals surface area contributed by atoms with Crippen LogP contribution in [0.4, 0.5) is 5.69 Å². The molecule has 0 aliphatic rings. The molecule has 20 heavy (non-hydrogen) atoms. The number of nitrogens with zero attached hydrogens (tertiary/aromatic N) is 1. The summed E-state index contributed by atoms with van der Waals surface area (Å²) < 4.78 is 1.28. The lowest BCUT2D eigenvalue weighted by Crippen LogP contribution is -2.29. The van der Waals surface area contributed by atoms with E-state index < -0.39 is 0 Å². The fraction of sp³-hybridized carbons (Fsp3) is 0.294. The van der Waals surface area contributed by atoms with Crippen LogP contribution in [0.3, 0.4) is 0 Å². The van der Waals surface area contributed by atoms with Gasteiger partial charge in [0.1, 0.15) is 0 Å². The Morgan fingerprint density at radius 3 is 2.25 bits per heavy atom. The second-order valence-corrected chi connectivity index (χ2v) is 6.62. The van der Waals surface area contributed by atoms with Crippen LogP contribution >= 0.6 is 22.6 Å². The maximum atomic E-state index is 5.86. The van der Waals surface area contributed by atoms with Crippen LogP contribution < -0.4 is 5.73 Å². The highest BCUT2D eigenvalue weighted by molar-refractivity contribution is 14.1. The minimum atomic E-state index is 0.496. The molecule has 0 radical (unpaired) electrons. The SMILES string of the molecule is CC(C)N(Cc1ccc(I)cc1)Cc1cccc(N)c1. The summed E-state index contributed by atoms with van der Waals surface area (Å²) in [6.45, 7) is 6.36. The van der Waals surface area contributed by atoms with Crippen LogP contribution in [0.2, 0.25) is 0 Å². The number of hydrogen-bond donors (Lipinski definition) is 1. The number of nitrogen functional groups attached to an aromatic ring is 1. The molecule has 2 N–H and O–H groups in total. The van der Waals surface area contributed by atoms with E-state index in [4.69, 9.17) is 5.73 Å². The Bertz CT molecular complexity index is 549. The van der Waals surface area contributed by atoms with Crippen molar-refractivity contribution in [1.29, 1.82) is 0 Å². The highest BCUT2D eigenvalue weighted by atomic mass is 127. The van der Waals surface area contributed by atoms with Crippen LogP contribution in [-0.4, -0.2) is 10.9 Å². The van der Waals surface area contributed by atoms with Crippen LogP contribution in [0.15, 0.2) is 48.5 Å². The largest absolute Gasteiger partial charge is 0.399 e. The Hall–Kier alpha value is -1.07. The Kier molecular flexibility index (Phi) is 5.43. The van der Waals surface area contributed by atoms with Crippen molar-refractivity contribution in [2.24, 2.45) is 0 Å². The molecule has 0 saturated carbocycles. The van der Waals surface area contributed by atoms with Crippen molar-refractivity contribution < 1.29 is 0 Å². The maximum Gasteiger partial charge on any atom is 0.0317 e. The Morgan fingerprint density at radius 1 is 1.00 bits per heavy atom. The molecule has 2 nitrogen and oxygen atoms in total. The molecule has 0 aliphatic carbocycles. The molecule has 0 aliphatic heterocycles. The van der Waals surface area contributed by atoms with E-state index in [-0.39, 0.29) is 0 Å². The van der Waals surface area contributed by atoms with E-state index in [1.54, 1.807) is 0 Å². The van der Waals surface area contributed by atoms with Crippen molar-refractivity contribution in [3.05, 3.63) is 63.2 Å². The van der Waals surface area contributed by atoms with E-state index in [0.717, 1.165) is 18.8 Å². The summed E-state index contributed by atoms with van der Waals surface area (Å²) in [7, 11) is 0. The Labute approximate surface area is 135 Å². The molecule has 0 spiro atoms. The molecule has 0 heterocycles. The van der Waals surface area contributed by atoms with Gasteiger partial charge in [0.25, 0.3) is 0 Å². The van der Waals surface area contributed by atoms with Gasteiger partial charge in [-0.25, -0.2) is 0 Å². The van der Waals surface area contributed by atoms with Crippen molar-refractivity contribution in [3.8, 4) is 0 Å². The summed E-state index contributed by atoms with van der Waals surface area (Å²) in [6.07, 6.45) is 0. The Balaban J connectivity index is 2.09. The first-order valence-electron chi connectivity index (χ1n) is 6.87. The minimum Gasteiger partial charge on any atom is -0.399 e. The van der Waals surface area contributed by atoms with E-state index in [1.165, 1.54) is 14.7 Å². The monoisotopic (exact) mass is 380 g/mol. The van der Waals surface area contributed by atoms with Gasteiger partial charge < -0.3 is 5.73 Å². The van der Waals surface area contributed by atoms with Gasteiger partial charge in [0.15, 0.2) is 0 Å². The number of rotatable bonds is 5. The zero-order valence-corrected chi connectivity index (χ0v) is 14.2. The van der Waals surface area contributed by atoms with Crippen molar-refractivity contribution in [3.63, 3.8) is 0 Å². The van der Waals surface area contributed by atoms with E-state index in [1.807, 2.05) is 12.1 Å². The van der Waals surface area contributed by atoms with Crippen LogP contribution in [0.1, 0.15) is 25.0 Å². The maximum absolute atomic E-state index is 5.86. The Morgan fingerprint density at radius 2 is 1.65 bits per heavy atom. The third-order valence-corrected chi connectivity index (χ3v) is 4.09. The lowest BCUT2D eigenvalue weighted by Gasteiger charge is -2.26. The molecule has 0 bridgehead atoms. The molecule has 106 valence electrons. The van der Waals surface area contributed by atoms with Gasteiger partial charge in [-0.1, -0.05) is 24.3 Å². The summed E-state index contributed by atoms with van der Waals surface area (Å²) in [6, 6.07) is 17.4. The number of benzene rings is 2. The number of halogens is 1. The fourth-order valence-electron chi connectivity index (χ4n) is 2.17. The average Bonchev–Trinajstić information content (AvgIpc) is 2.40. The molecule has 0 atom stereocenters. The topological polar surface area (TPSA) is 29.3 Å². The molecule has 0 fully saturated rings. The normalized spacial score (nSPS) is 11.2. The van der Waals surface area contributed by atoms with Gasteiger partial charge in [-0.05, 0) is 71.8 Å². The zero-order valence-electron chi connectivity index (χ0n) is 12.0. The van der Waals surface area contributed by atoms with E-state index in [0.29, 0.717) is 6.04 Å². The van der Waals surface area contributed by atoms with Gasteiger partial charge in [0.05, 0.1) is 0 Å². The molecular formula is C17H21IN2. The van der Waals surface area contributed by atoms with Gasteiger partial charge in [-0.3, -0.25) is 4.90 Å². The quantitative estimate of drug-likeness (QED) is 0.620. The van der Waals surface area contributed by atoms with Gasteiger partial charge in [0, 0.05) is 28.4 Å². The van der Waals surface area contributed by atoms with Gasteiger partial charge in [-0.15, -0.1) is 0 Å². The highest BCUT2D eigenvalue weighted by Gasteiger charge is 2.11. The molecular weight excluding hydrogens is 359 g/mol. The van der Waals surface area contributed by atoms with Crippen molar-refractivity contribution in [1.82, 2.24) is 4.90 Å². The molecule has 2 aromatic rings. The zero-order chi connectivity index (χ0) is 14.5. The van der Waals surface area contributed by atoms with E-state index in [2.05, 4.69) is 77.7 Å². The second-order valence-electron chi connectivity index (χ2n) is 5.37. The molecule has 2 aromatic carbocycles. The van der Waals surface area contributed by atoms with Gasteiger partial charge in [-0.2, -0.15) is 0 Å². The van der Waals surface area contributed by atoms with Crippen LogP contribution in [0.5, 0.6) is 0 Å². The summed E-state index contributed by atoms with van der Waals surface area (Å²) >= 11 is 2.34. The standard InChI is InChI=1S/C17H21IN2/c1-13(2)20(11-14-6-8-16(18)9-7-14)12-15-4-3-5-17(19)10-15/h3-10,13H,11-12,19H2,1-2H3. The van der Waals surface area contributed by atoms with Crippen molar-refractivity contribution >= 4 is 28.3 Å². The third kappa shape index (κ3) is 4.49. The summed E-state index contributed by atoms with van der Waals surface area (Å²) in [5.74, 6) is 0. The summed E-state index contributed by atoms with van der Waals surface area (Å²) in [4.78, 5) is 2.46. The second kappa shape index (κ2) is 7.09. The van der Waals surface area contributed by atoms with Crippen LogP contribution in [0, 0.1) is 3.57 Å². The smallest absolute Gasteiger partial charge is 0.0317 e. The van der Waals surface area contributed by atoms with Crippen molar-refractivity contribution in [2.45, 2.75) is 33.0 Å². The van der Waals surface area contributed by atoms with Crippen molar-refractivity contribution in [2.75, 3.05) is 5.73 Å². The molecule has 0 saturated heterocycles. The molecule has 0 aromatic heterocycles. The fourth-order valence-corrected chi connectivity index (χ4v) is 2.53. The van der Waals surface area contributed by atoms with Gasteiger partial charge in [0.2, 0.25) is 0 Å². The minimum absolute atomic E-state index is 0.496. The predicted molar refractivity (Wildman–Crippen MR) is 94.4 cm³/mol. The predicted octanol–water partition coefficient (Wildman–Crippen LogP) is 4.28. The van der Waals surface area contributed by atoms with E-state index >= 15 is 0 Å². The molecule has 2 rings (SSSR count). The first-order chi connectivity index (χ1) is 9.54. The van der Waals surface area contributed by atoms with Gasteiger partial charge >= 0.3 is 0 Å². The number of hydrogen-bond acceptors (Lipinski definition) is 2. The lowest BCUT2D eigenvalue weighted by molar-refractivity contribution is 0.203. The van der Waals surface area contributed by atoms with Crippen LogP contribution in [-0.2, 0) is 13.1 Å². The first-order valence-corrected chi connectivity index (χ1v) is 7.95. The molecule has 0 amide bonds. The summed E-state index contributed by atoms with van der Waals surface area (Å²) in [5.41, 5.74) is 9.31. The first kappa shape index (κ1) is 15.3. The molecule has 3 heteroatoms. The third-order valence-electron chi connectivity index (χ3n) is 3.37. The average molecular weight is 380 g/mol. The highest BCUT2D eigenvalue weighted by Crippen LogP contribution is 2.16.